The molecule has 0 saturated heterocycles. The van der Waals surface area contributed by atoms with Crippen LogP contribution in [0.1, 0.15) is 52.9 Å². The summed E-state index contributed by atoms with van der Waals surface area (Å²) in [6, 6.07) is 7.98. The van der Waals surface area contributed by atoms with Crippen molar-refractivity contribution in [3.05, 3.63) is 62.9 Å². The molecule has 0 aliphatic carbocycles. The van der Waals surface area contributed by atoms with Crippen molar-refractivity contribution in [2.75, 3.05) is 6.54 Å². The van der Waals surface area contributed by atoms with E-state index in [-0.39, 0.29) is 6.10 Å². The summed E-state index contributed by atoms with van der Waals surface area (Å²) in [6.45, 7) is 3.78. The Balaban J connectivity index is 1.44. The van der Waals surface area contributed by atoms with Crippen molar-refractivity contribution >= 4 is 33.2 Å². The molecule has 2 atom stereocenters. The van der Waals surface area contributed by atoms with Crippen molar-refractivity contribution in [2.45, 2.75) is 44.9 Å². The van der Waals surface area contributed by atoms with E-state index < -0.39 is 6.10 Å². The lowest BCUT2D eigenvalue weighted by Crippen LogP contribution is -2.25. The second-order valence-corrected chi connectivity index (χ2v) is 10.3. The SMILES string of the molecule is CCC(O)c1cc2nccc(-c3cc(Cl)cc4c3O[C@@H](c3nn(C)c5c3CNCC5)C4)c2s1. The number of hydrogen-bond acceptors (Lipinski definition) is 6. The summed E-state index contributed by atoms with van der Waals surface area (Å²) in [7, 11) is 2.02. The molecule has 4 aromatic rings. The minimum Gasteiger partial charge on any atom is -0.483 e. The molecule has 0 spiro atoms. The number of aliphatic hydroxyl groups is 1. The molecule has 6 rings (SSSR count). The first-order valence-electron chi connectivity index (χ1n) is 11.3. The minimum atomic E-state index is -0.480. The number of nitrogens with one attached hydrogen (secondary N) is 1. The fourth-order valence-corrected chi connectivity index (χ4v) is 6.47. The lowest BCUT2D eigenvalue weighted by Gasteiger charge is -2.16. The maximum atomic E-state index is 10.4. The van der Waals surface area contributed by atoms with E-state index in [1.165, 1.54) is 11.3 Å². The van der Waals surface area contributed by atoms with Crippen molar-refractivity contribution in [1.29, 1.82) is 0 Å². The standard InChI is InChI=1S/C25H25ClN4O2S/c1-3-20(31)22-11-18-25(33-22)15(4-7-28-18)16-10-14(26)8-13-9-21(32-24(13)16)23-17-12-27-6-5-19(17)30(2)29-23/h4,7-8,10-11,20-21,27,31H,3,5-6,9,12H2,1-2H3/t20?,21-/m1/s1. The Morgan fingerprint density at radius 3 is 3.06 bits per heavy atom. The van der Waals surface area contributed by atoms with Crippen LogP contribution >= 0.6 is 22.9 Å². The van der Waals surface area contributed by atoms with E-state index in [4.69, 9.17) is 21.4 Å². The summed E-state index contributed by atoms with van der Waals surface area (Å²) in [5.41, 5.74) is 7.55. The van der Waals surface area contributed by atoms with Crippen LogP contribution < -0.4 is 10.1 Å². The monoisotopic (exact) mass is 480 g/mol. The minimum absolute atomic E-state index is 0.134. The van der Waals surface area contributed by atoms with Gasteiger partial charge in [0.15, 0.2) is 0 Å². The highest BCUT2D eigenvalue weighted by atomic mass is 35.5. The van der Waals surface area contributed by atoms with Crippen LogP contribution in [0.5, 0.6) is 5.75 Å². The van der Waals surface area contributed by atoms with Gasteiger partial charge in [-0.3, -0.25) is 9.67 Å². The van der Waals surface area contributed by atoms with Crippen molar-refractivity contribution in [1.82, 2.24) is 20.1 Å². The van der Waals surface area contributed by atoms with E-state index >= 15 is 0 Å². The predicted molar refractivity (Wildman–Crippen MR) is 131 cm³/mol. The van der Waals surface area contributed by atoms with Gasteiger partial charge in [-0.2, -0.15) is 5.10 Å². The second kappa shape index (κ2) is 8.09. The van der Waals surface area contributed by atoms with Gasteiger partial charge in [-0.15, -0.1) is 11.3 Å². The lowest BCUT2D eigenvalue weighted by atomic mass is 9.98. The molecular formula is C25H25ClN4O2S. The number of fused-ring (bicyclic) bond motifs is 3. The molecule has 2 aliphatic rings. The summed E-state index contributed by atoms with van der Waals surface area (Å²) in [5, 5.41) is 19.4. The molecule has 3 aromatic heterocycles. The Bertz CT molecular complexity index is 1380. The molecule has 2 aliphatic heterocycles. The fourth-order valence-electron chi connectivity index (χ4n) is 5.02. The van der Waals surface area contributed by atoms with Gasteiger partial charge in [-0.1, -0.05) is 18.5 Å². The number of pyridine rings is 1. The topological polar surface area (TPSA) is 72.2 Å². The van der Waals surface area contributed by atoms with Gasteiger partial charge in [0.1, 0.15) is 17.5 Å². The van der Waals surface area contributed by atoms with E-state index in [0.717, 1.165) is 69.2 Å². The fraction of sp³-hybridized carbons (Fsp3) is 0.360. The van der Waals surface area contributed by atoms with E-state index in [9.17, 15) is 5.11 Å². The van der Waals surface area contributed by atoms with Crippen LogP contribution in [0, 0.1) is 0 Å². The number of nitrogens with zero attached hydrogens (tertiary/aromatic N) is 3. The Labute approximate surface area is 201 Å². The lowest BCUT2D eigenvalue weighted by molar-refractivity contribution is 0.177. The van der Waals surface area contributed by atoms with Crippen LogP contribution in [-0.2, 0) is 26.4 Å². The molecule has 0 fully saturated rings. The van der Waals surface area contributed by atoms with Crippen molar-refractivity contribution in [3.8, 4) is 16.9 Å². The number of aromatic nitrogens is 3. The third-order valence-corrected chi connectivity index (χ3v) is 8.16. The number of aryl methyl sites for hydroxylation is 1. The number of thiophene rings is 1. The molecule has 6 nitrogen and oxygen atoms in total. The summed E-state index contributed by atoms with van der Waals surface area (Å²) in [6.07, 6.45) is 3.59. The van der Waals surface area contributed by atoms with Crippen LogP contribution in [0.4, 0.5) is 0 Å². The van der Waals surface area contributed by atoms with Gasteiger partial charge < -0.3 is 15.2 Å². The molecule has 5 heterocycles. The Kier molecular flexibility index (Phi) is 5.18. The molecule has 0 radical (unpaired) electrons. The first-order chi connectivity index (χ1) is 16.0. The molecule has 1 unspecified atom stereocenters. The second-order valence-electron chi connectivity index (χ2n) is 8.76. The Hall–Kier alpha value is -2.45. The van der Waals surface area contributed by atoms with Crippen LogP contribution in [0.25, 0.3) is 21.3 Å². The number of hydrogen-bond donors (Lipinski definition) is 2. The first-order valence-corrected chi connectivity index (χ1v) is 12.5. The molecule has 8 heteroatoms. The van der Waals surface area contributed by atoms with Crippen LogP contribution in [0.3, 0.4) is 0 Å². The Morgan fingerprint density at radius 2 is 2.21 bits per heavy atom. The smallest absolute Gasteiger partial charge is 0.147 e. The first kappa shape index (κ1) is 21.1. The molecule has 33 heavy (non-hydrogen) atoms. The summed E-state index contributed by atoms with van der Waals surface area (Å²) < 4.78 is 9.65. The zero-order valence-electron chi connectivity index (χ0n) is 18.6. The van der Waals surface area contributed by atoms with Crippen molar-refractivity contribution in [3.63, 3.8) is 0 Å². The average Bonchev–Trinajstić information content (AvgIpc) is 3.53. The highest BCUT2D eigenvalue weighted by Gasteiger charge is 2.33. The van der Waals surface area contributed by atoms with E-state index in [0.29, 0.717) is 11.4 Å². The quantitative estimate of drug-likeness (QED) is 0.424. The zero-order chi connectivity index (χ0) is 22.7. The molecule has 0 bridgehead atoms. The highest BCUT2D eigenvalue weighted by Crippen LogP contribution is 2.48. The van der Waals surface area contributed by atoms with Crippen LogP contribution in [0.2, 0.25) is 5.02 Å². The van der Waals surface area contributed by atoms with Gasteiger partial charge in [-0.05, 0) is 30.7 Å². The van der Waals surface area contributed by atoms with Gasteiger partial charge in [0.25, 0.3) is 0 Å². The van der Waals surface area contributed by atoms with E-state index in [1.54, 1.807) is 11.3 Å². The van der Waals surface area contributed by atoms with Crippen molar-refractivity contribution < 1.29 is 9.84 Å². The van der Waals surface area contributed by atoms with Crippen LogP contribution in [-0.4, -0.2) is 26.4 Å². The predicted octanol–water partition coefficient (Wildman–Crippen LogP) is 5.12. The van der Waals surface area contributed by atoms with E-state index in [1.807, 2.05) is 49.1 Å². The number of rotatable bonds is 4. The number of benzene rings is 1. The summed E-state index contributed by atoms with van der Waals surface area (Å²) in [4.78, 5) is 5.47. The zero-order valence-corrected chi connectivity index (χ0v) is 20.1. The molecule has 170 valence electrons. The van der Waals surface area contributed by atoms with Gasteiger partial charge >= 0.3 is 0 Å². The van der Waals surface area contributed by atoms with Crippen LogP contribution in [0.15, 0.2) is 30.5 Å². The number of ether oxygens (including phenoxy) is 1. The molecule has 2 N–H and O–H groups in total. The largest absolute Gasteiger partial charge is 0.483 e. The van der Waals surface area contributed by atoms with Crippen molar-refractivity contribution in [2.24, 2.45) is 7.05 Å². The highest BCUT2D eigenvalue weighted by molar-refractivity contribution is 7.19. The van der Waals surface area contributed by atoms with E-state index in [2.05, 4.69) is 10.3 Å². The molecular weight excluding hydrogens is 456 g/mol. The van der Waals surface area contributed by atoms with Gasteiger partial charge in [0.2, 0.25) is 0 Å². The average molecular weight is 481 g/mol. The third-order valence-electron chi connectivity index (χ3n) is 6.68. The van der Waals surface area contributed by atoms with Gasteiger partial charge in [0, 0.05) is 77.0 Å². The van der Waals surface area contributed by atoms with Gasteiger partial charge in [0.05, 0.1) is 16.3 Å². The maximum absolute atomic E-state index is 10.4. The molecule has 0 saturated carbocycles. The molecule has 0 amide bonds. The van der Waals surface area contributed by atoms with Gasteiger partial charge in [-0.25, -0.2) is 0 Å². The normalized spacial score (nSPS) is 18.2. The number of aliphatic hydroxyl groups excluding tert-OH is 1. The number of halogens is 1. The summed E-state index contributed by atoms with van der Waals surface area (Å²) in [5.74, 6) is 0.867. The summed E-state index contributed by atoms with van der Waals surface area (Å²) >= 11 is 8.17. The third kappa shape index (κ3) is 3.46. The maximum Gasteiger partial charge on any atom is 0.147 e. The Morgan fingerprint density at radius 1 is 1.33 bits per heavy atom. The molecule has 1 aromatic carbocycles.